The molecule has 352 valence electrons. The van der Waals surface area contributed by atoms with Crippen LogP contribution in [0.25, 0.3) is 22.3 Å². The summed E-state index contributed by atoms with van der Waals surface area (Å²) in [6, 6.07) is 47.3. The molecule has 0 fully saturated rings. The fourth-order valence-electron chi connectivity index (χ4n) is 10.9. The van der Waals surface area contributed by atoms with Crippen LogP contribution in [0.15, 0.2) is 121 Å². The molecule has 0 aliphatic carbocycles. The van der Waals surface area contributed by atoms with E-state index in [0.29, 0.717) is 13.2 Å². The van der Waals surface area contributed by atoms with E-state index >= 15 is 0 Å². The number of aryl methyl sites for hydroxylation is 3. The molecule has 69 heavy (non-hydrogen) atoms. The van der Waals surface area contributed by atoms with Crippen molar-refractivity contribution in [3.05, 3.63) is 160 Å². The maximum absolute atomic E-state index is 6.57. The molecule has 4 nitrogen and oxygen atoms in total. The highest BCUT2D eigenvalue weighted by Crippen LogP contribution is 2.50. The number of anilines is 6. The first-order chi connectivity index (χ1) is 32.5. The molecule has 3 aliphatic heterocycles. The highest BCUT2D eigenvalue weighted by molar-refractivity contribution is 7.00. The van der Waals surface area contributed by atoms with Gasteiger partial charge in [0.05, 0.1) is 18.9 Å². The Balaban J connectivity index is 1.29. The van der Waals surface area contributed by atoms with Crippen molar-refractivity contribution in [1.29, 1.82) is 0 Å². The van der Waals surface area contributed by atoms with Gasteiger partial charge in [-0.2, -0.15) is 0 Å². The molecular formula is C64H71BN2O2. The molecule has 0 saturated heterocycles. The highest BCUT2D eigenvalue weighted by Gasteiger charge is 2.45. The van der Waals surface area contributed by atoms with Gasteiger partial charge in [-0.15, -0.1) is 0 Å². The van der Waals surface area contributed by atoms with Crippen LogP contribution in [0, 0.1) is 20.8 Å². The topological polar surface area (TPSA) is 24.9 Å². The van der Waals surface area contributed by atoms with Crippen LogP contribution >= 0.6 is 0 Å². The fourth-order valence-corrected chi connectivity index (χ4v) is 10.9. The monoisotopic (exact) mass is 911 g/mol. The lowest BCUT2D eigenvalue weighted by Crippen LogP contribution is -2.61. The van der Waals surface area contributed by atoms with Crippen molar-refractivity contribution in [1.82, 2.24) is 0 Å². The molecule has 0 N–H and O–H groups in total. The quantitative estimate of drug-likeness (QED) is 0.164. The van der Waals surface area contributed by atoms with Crippen LogP contribution in [0.3, 0.4) is 0 Å². The summed E-state index contributed by atoms with van der Waals surface area (Å²) < 4.78 is 13.1. The predicted molar refractivity (Wildman–Crippen MR) is 296 cm³/mol. The van der Waals surface area contributed by atoms with E-state index in [9.17, 15) is 0 Å². The molecule has 3 aliphatic rings. The Labute approximate surface area is 413 Å². The van der Waals surface area contributed by atoms with Crippen LogP contribution in [0.1, 0.15) is 128 Å². The molecule has 0 bridgehead atoms. The van der Waals surface area contributed by atoms with Crippen molar-refractivity contribution in [2.45, 2.75) is 132 Å². The Morgan fingerprint density at radius 1 is 0.406 bits per heavy atom. The molecule has 0 aromatic heterocycles. The maximum Gasteiger partial charge on any atom is 0.252 e. The normalized spacial score (nSPS) is 14.6. The third-order valence-electron chi connectivity index (χ3n) is 14.9. The number of rotatable bonds is 4. The van der Waals surface area contributed by atoms with Crippen molar-refractivity contribution in [2.24, 2.45) is 0 Å². The Bertz CT molecular complexity index is 3050. The Kier molecular flexibility index (Phi) is 11.1. The fraction of sp³-hybridized carbons (Fsp3) is 0.344. The molecule has 0 amide bonds. The zero-order chi connectivity index (χ0) is 49.1. The first-order valence-electron chi connectivity index (χ1n) is 25.3. The number of nitrogens with zero attached hydrogens (tertiary/aromatic N) is 2. The molecule has 5 heteroatoms. The van der Waals surface area contributed by atoms with Gasteiger partial charge in [0.15, 0.2) is 11.5 Å². The van der Waals surface area contributed by atoms with Crippen molar-refractivity contribution in [3.8, 4) is 33.8 Å². The lowest BCUT2D eigenvalue weighted by atomic mass is 9.33. The number of hydrogen-bond donors (Lipinski definition) is 0. The van der Waals surface area contributed by atoms with E-state index in [4.69, 9.17) is 9.47 Å². The minimum Gasteiger partial charge on any atom is -0.490 e. The van der Waals surface area contributed by atoms with E-state index in [1.807, 2.05) is 0 Å². The van der Waals surface area contributed by atoms with Gasteiger partial charge in [-0.25, -0.2) is 0 Å². The molecular weight excluding hydrogens is 840 g/mol. The van der Waals surface area contributed by atoms with E-state index in [0.717, 1.165) is 29.3 Å². The maximum atomic E-state index is 6.57. The van der Waals surface area contributed by atoms with Gasteiger partial charge in [0.25, 0.3) is 6.71 Å². The van der Waals surface area contributed by atoms with Gasteiger partial charge in [0.1, 0.15) is 0 Å². The minimum absolute atomic E-state index is 0.00950. The van der Waals surface area contributed by atoms with Crippen molar-refractivity contribution >= 4 is 57.2 Å². The molecule has 0 saturated carbocycles. The summed E-state index contributed by atoms with van der Waals surface area (Å²) in [5, 5.41) is 0. The van der Waals surface area contributed by atoms with Crippen molar-refractivity contribution in [2.75, 3.05) is 23.0 Å². The van der Waals surface area contributed by atoms with E-state index in [-0.39, 0.29) is 28.4 Å². The van der Waals surface area contributed by atoms with Gasteiger partial charge in [0, 0.05) is 40.9 Å². The van der Waals surface area contributed by atoms with E-state index in [1.165, 1.54) is 100 Å². The molecule has 0 spiro atoms. The Morgan fingerprint density at radius 3 is 1.38 bits per heavy atom. The minimum atomic E-state index is -0.0704. The van der Waals surface area contributed by atoms with Gasteiger partial charge < -0.3 is 19.3 Å². The second-order valence-electron chi connectivity index (χ2n) is 24.4. The zero-order valence-corrected chi connectivity index (χ0v) is 44.0. The number of benzene rings is 7. The lowest BCUT2D eigenvalue weighted by molar-refractivity contribution is 0.297. The summed E-state index contributed by atoms with van der Waals surface area (Å²) in [5.41, 5.74) is 24.8. The summed E-state index contributed by atoms with van der Waals surface area (Å²) in [4.78, 5) is 5.15. The van der Waals surface area contributed by atoms with Gasteiger partial charge in [-0.3, -0.25) is 0 Å². The zero-order valence-electron chi connectivity index (χ0n) is 44.0. The standard InChI is InChI=1S/C64H71BN2O2/c1-39-29-55-59-56(30-39)67(60-40(2)31-49(32-41(60)3)64(13,14)15)54-38-58-57(68-27-16-28-69-58)37-52(54)65(59)51-36-48(63(10,11)12)25-26-53(51)66(55)50-34-44(42-17-21-46(22-18-42)61(4,5)6)33-45(35-50)43-19-23-47(24-20-43)62(7,8)9/h17-26,29-38H,16,27-28H2,1-15H3. The van der Waals surface area contributed by atoms with E-state index in [2.05, 4.69) is 235 Å². The smallest absolute Gasteiger partial charge is 0.252 e. The Morgan fingerprint density at radius 2 is 0.870 bits per heavy atom. The van der Waals surface area contributed by atoms with Gasteiger partial charge >= 0.3 is 0 Å². The van der Waals surface area contributed by atoms with Gasteiger partial charge in [-0.05, 0) is 162 Å². The summed E-state index contributed by atoms with van der Waals surface area (Å²) in [5.74, 6) is 1.63. The highest BCUT2D eigenvalue weighted by atomic mass is 16.5. The second-order valence-corrected chi connectivity index (χ2v) is 24.4. The molecule has 10 rings (SSSR count). The van der Waals surface area contributed by atoms with Gasteiger partial charge in [-0.1, -0.05) is 156 Å². The van der Waals surface area contributed by atoms with Crippen LogP contribution in [-0.2, 0) is 21.7 Å². The average Bonchev–Trinajstić information content (AvgIpc) is 3.52. The molecule has 7 aromatic carbocycles. The van der Waals surface area contributed by atoms with Crippen LogP contribution in [-0.4, -0.2) is 19.9 Å². The molecule has 0 radical (unpaired) electrons. The Hall–Kier alpha value is -6.20. The van der Waals surface area contributed by atoms with E-state index < -0.39 is 0 Å². The molecule has 3 heterocycles. The van der Waals surface area contributed by atoms with E-state index in [1.54, 1.807) is 0 Å². The molecule has 0 unspecified atom stereocenters. The van der Waals surface area contributed by atoms with Crippen LogP contribution in [0.4, 0.5) is 34.1 Å². The third-order valence-corrected chi connectivity index (χ3v) is 14.9. The van der Waals surface area contributed by atoms with Crippen molar-refractivity contribution < 1.29 is 9.47 Å². The van der Waals surface area contributed by atoms with Crippen molar-refractivity contribution in [3.63, 3.8) is 0 Å². The predicted octanol–water partition coefficient (Wildman–Crippen LogP) is 15.4. The first-order valence-corrected chi connectivity index (χ1v) is 25.3. The first kappa shape index (κ1) is 46.5. The summed E-state index contributed by atoms with van der Waals surface area (Å²) >= 11 is 0. The lowest BCUT2D eigenvalue weighted by Gasteiger charge is -2.45. The third kappa shape index (κ3) is 8.34. The van der Waals surface area contributed by atoms with Crippen LogP contribution < -0.4 is 35.7 Å². The number of ether oxygens (including phenoxy) is 2. The summed E-state index contributed by atoms with van der Waals surface area (Å²) in [6.45, 7) is 35.7. The number of hydrogen-bond acceptors (Lipinski definition) is 4. The number of fused-ring (bicyclic) bond motifs is 5. The second kappa shape index (κ2) is 16.5. The van der Waals surface area contributed by atoms with Crippen LogP contribution in [0.2, 0.25) is 0 Å². The van der Waals surface area contributed by atoms with Crippen LogP contribution in [0.5, 0.6) is 11.5 Å². The molecule has 7 aromatic rings. The summed E-state index contributed by atoms with van der Waals surface area (Å²) in [7, 11) is 0. The average molecular weight is 911 g/mol. The molecule has 0 atom stereocenters. The van der Waals surface area contributed by atoms with Gasteiger partial charge in [0.2, 0.25) is 0 Å². The SMILES string of the molecule is Cc1cc2c3c(c1)N(c1c(C)cc(C(C)(C)C)cc1C)c1cc4c(cc1B3c1cc(C(C)(C)C)ccc1N2c1cc(-c2ccc(C(C)(C)C)cc2)cc(-c2ccc(C(C)(C)C)cc2)c1)OCCCO4. The summed E-state index contributed by atoms with van der Waals surface area (Å²) in [6.07, 6.45) is 0.845. The largest absolute Gasteiger partial charge is 0.490 e.